The summed E-state index contributed by atoms with van der Waals surface area (Å²) in [6.07, 6.45) is 0. The number of hydrogen-bond acceptors (Lipinski definition) is 6. The molecule has 7 nitrogen and oxygen atoms in total. The molecule has 0 atom stereocenters. The molecule has 0 radical (unpaired) electrons. The predicted octanol–water partition coefficient (Wildman–Crippen LogP) is 0.898. The zero-order valence-corrected chi connectivity index (χ0v) is 10.4. The van der Waals surface area contributed by atoms with Crippen LogP contribution in [0, 0.1) is 6.92 Å². The van der Waals surface area contributed by atoms with E-state index in [4.69, 9.17) is 5.73 Å². The lowest BCUT2D eigenvalue weighted by Gasteiger charge is -2.19. The van der Waals surface area contributed by atoms with Gasteiger partial charge in [-0.05, 0) is 6.92 Å². The molecule has 17 heavy (non-hydrogen) atoms. The first-order valence-corrected chi connectivity index (χ1v) is 5.37. The Morgan fingerprint density at radius 3 is 2.53 bits per heavy atom. The van der Waals surface area contributed by atoms with Crippen LogP contribution in [0.1, 0.15) is 37.9 Å². The van der Waals surface area contributed by atoms with Crippen LogP contribution in [0.2, 0.25) is 0 Å². The molecule has 0 aliphatic rings. The smallest absolute Gasteiger partial charge is 0.169 e. The van der Waals surface area contributed by atoms with Crippen molar-refractivity contribution < 1.29 is 4.63 Å². The van der Waals surface area contributed by atoms with Gasteiger partial charge < -0.3 is 5.73 Å². The number of rotatable bonds is 2. The Hall–Kier alpha value is -1.92. The van der Waals surface area contributed by atoms with Gasteiger partial charge in [-0.2, -0.15) is 0 Å². The fourth-order valence-electron chi connectivity index (χ4n) is 1.74. The van der Waals surface area contributed by atoms with Crippen LogP contribution in [0.15, 0.2) is 4.63 Å². The van der Waals surface area contributed by atoms with Crippen LogP contribution < -0.4 is 5.73 Å². The second-order valence-corrected chi connectivity index (χ2v) is 5.03. The van der Waals surface area contributed by atoms with Crippen molar-refractivity contribution in [1.29, 1.82) is 0 Å². The number of aromatic nitrogens is 5. The van der Waals surface area contributed by atoms with Gasteiger partial charge in [0.05, 0.1) is 12.2 Å². The number of anilines is 1. The summed E-state index contributed by atoms with van der Waals surface area (Å²) in [5.74, 6) is 0.451. The number of hydrogen-bond donors (Lipinski definition) is 1. The summed E-state index contributed by atoms with van der Waals surface area (Å²) in [5, 5.41) is 15.5. The molecule has 0 saturated carbocycles. The van der Waals surface area contributed by atoms with Crippen molar-refractivity contribution in [2.75, 3.05) is 5.73 Å². The molecule has 0 aromatic carbocycles. The van der Waals surface area contributed by atoms with E-state index in [0.29, 0.717) is 12.4 Å². The van der Waals surface area contributed by atoms with E-state index < -0.39 is 0 Å². The average Bonchev–Trinajstić information content (AvgIpc) is 2.74. The first-order chi connectivity index (χ1) is 7.89. The molecule has 0 aliphatic carbocycles. The number of nitrogens with two attached hydrogens (primary N) is 1. The molecule has 0 spiro atoms. The summed E-state index contributed by atoms with van der Waals surface area (Å²) in [7, 11) is 0. The summed E-state index contributed by atoms with van der Waals surface area (Å²) in [4.78, 5) is 0. The van der Waals surface area contributed by atoms with Crippen molar-refractivity contribution in [2.24, 2.45) is 0 Å². The van der Waals surface area contributed by atoms with Crippen molar-refractivity contribution in [1.82, 2.24) is 25.3 Å². The summed E-state index contributed by atoms with van der Waals surface area (Å²) < 4.78 is 6.39. The molecule has 0 unspecified atom stereocenters. The molecule has 2 N–H and O–H groups in total. The van der Waals surface area contributed by atoms with Crippen LogP contribution in [0.3, 0.4) is 0 Å². The van der Waals surface area contributed by atoms with Crippen LogP contribution in [0.25, 0.3) is 0 Å². The van der Waals surface area contributed by atoms with Crippen molar-refractivity contribution in [3.63, 3.8) is 0 Å². The third-order valence-corrected chi connectivity index (χ3v) is 2.52. The number of nitrogen functional groups attached to an aromatic ring is 1. The average molecular weight is 236 g/mol. The molecule has 0 fully saturated rings. The molecule has 7 heteroatoms. The van der Waals surface area contributed by atoms with Gasteiger partial charge in [-0.25, -0.2) is 9.31 Å². The van der Waals surface area contributed by atoms with Crippen LogP contribution in [0.5, 0.6) is 0 Å². The van der Waals surface area contributed by atoms with Crippen LogP contribution >= 0.6 is 0 Å². The first kappa shape index (κ1) is 11.6. The fraction of sp³-hybridized carbons (Fsp3) is 0.600. The summed E-state index contributed by atoms with van der Waals surface area (Å²) in [6.45, 7) is 8.49. The SMILES string of the molecule is Cc1nonc1Cn1nnc(N)c1C(C)(C)C. The topological polar surface area (TPSA) is 95.6 Å². The Morgan fingerprint density at radius 2 is 2.00 bits per heavy atom. The van der Waals surface area contributed by atoms with E-state index >= 15 is 0 Å². The third kappa shape index (κ3) is 2.13. The van der Waals surface area contributed by atoms with Gasteiger partial charge in [0.15, 0.2) is 5.82 Å². The second kappa shape index (κ2) is 3.83. The lowest BCUT2D eigenvalue weighted by molar-refractivity contribution is 0.299. The van der Waals surface area contributed by atoms with Gasteiger partial charge in [0.1, 0.15) is 11.4 Å². The normalized spacial score (nSPS) is 12.0. The fourth-order valence-corrected chi connectivity index (χ4v) is 1.74. The van der Waals surface area contributed by atoms with E-state index in [9.17, 15) is 0 Å². The van der Waals surface area contributed by atoms with E-state index in [1.807, 2.05) is 6.92 Å². The van der Waals surface area contributed by atoms with Crippen LogP contribution in [-0.4, -0.2) is 25.3 Å². The molecular formula is C10H16N6O. The van der Waals surface area contributed by atoms with Crippen molar-refractivity contribution in [3.8, 4) is 0 Å². The van der Waals surface area contributed by atoms with Gasteiger partial charge in [-0.1, -0.05) is 36.3 Å². The standard InChI is InChI=1S/C10H16N6O/c1-6-7(14-17-13-6)5-16-8(10(2,3)4)9(11)12-15-16/h5,11H2,1-4H3. The molecule has 0 aliphatic heterocycles. The monoisotopic (exact) mass is 236 g/mol. The highest BCUT2D eigenvalue weighted by molar-refractivity contribution is 5.38. The van der Waals surface area contributed by atoms with Gasteiger partial charge >= 0.3 is 0 Å². The first-order valence-electron chi connectivity index (χ1n) is 5.37. The minimum absolute atomic E-state index is 0.126. The second-order valence-electron chi connectivity index (χ2n) is 5.03. The highest BCUT2D eigenvalue weighted by Gasteiger charge is 2.24. The van der Waals surface area contributed by atoms with E-state index in [0.717, 1.165) is 17.1 Å². The molecule has 0 saturated heterocycles. The van der Waals surface area contributed by atoms with E-state index in [-0.39, 0.29) is 5.41 Å². The molecule has 0 bridgehead atoms. The highest BCUT2D eigenvalue weighted by Crippen LogP contribution is 2.26. The van der Waals surface area contributed by atoms with Crippen molar-refractivity contribution in [3.05, 3.63) is 17.1 Å². The largest absolute Gasteiger partial charge is 0.381 e. The molecule has 0 amide bonds. The Kier molecular flexibility index (Phi) is 2.60. The Morgan fingerprint density at radius 1 is 1.29 bits per heavy atom. The molecular weight excluding hydrogens is 220 g/mol. The number of nitrogens with zero attached hydrogens (tertiary/aromatic N) is 5. The predicted molar refractivity (Wildman–Crippen MR) is 61.3 cm³/mol. The molecule has 92 valence electrons. The molecule has 2 rings (SSSR count). The quantitative estimate of drug-likeness (QED) is 0.832. The Labute approximate surface area is 98.9 Å². The van der Waals surface area contributed by atoms with Crippen molar-refractivity contribution in [2.45, 2.75) is 39.7 Å². The van der Waals surface area contributed by atoms with E-state index in [1.165, 1.54) is 0 Å². The van der Waals surface area contributed by atoms with Gasteiger partial charge in [0, 0.05) is 5.41 Å². The minimum Gasteiger partial charge on any atom is -0.381 e. The van der Waals surface area contributed by atoms with Crippen LogP contribution in [-0.2, 0) is 12.0 Å². The Bertz CT molecular complexity index is 521. The maximum Gasteiger partial charge on any atom is 0.169 e. The highest BCUT2D eigenvalue weighted by atomic mass is 16.6. The summed E-state index contributed by atoms with van der Waals surface area (Å²) >= 11 is 0. The van der Waals surface area contributed by atoms with Gasteiger partial charge in [-0.15, -0.1) is 5.10 Å². The lowest BCUT2D eigenvalue weighted by atomic mass is 9.92. The van der Waals surface area contributed by atoms with E-state index in [2.05, 4.69) is 46.0 Å². The maximum absolute atomic E-state index is 5.84. The Balaban J connectivity index is 2.38. The van der Waals surface area contributed by atoms with Gasteiger partial charge in [0.25, 0.3) is 0 Å². The van der Waals surface area contributed by atoms with E-state index in [1.54, 1.807) is 4.68 Å². The summed E-state index contributed by atoms with van der Waals surface area (Å²) in [6, 6.07) is 0. The van der Waals surface area contributed by atoms with Crippen LogP contribution in [0.4, 0.5) is 5.82 Å². The third-order valence-electron chi connectivity index (χ3n) is 2.52. The van der Waals surface area contributed by atoms with Gasteiger partial charge in [-0.3, -0.25) is 0 Å². The lowest BCUT2D eigenvalue weighted by Crippen LogP contribution is -2.20. The number of aryl methyl sites for hydroxylation is 1. The minimum atomic E-state index is -0.126. The zero-order valence-electron chi connectivity index (χ0n) is 10.4. The summed E-state index contributed by atoms with van der Waals surface area (Å²) in [5.41, 5.74) is 8.09. The molecule has 2 heterocycles. The van der Waals surface area contributed by atoms with Gasteiger partial charge in [0.2, 0.25) is 0 Å². The maximum atomic E-state index is 5.84. The molecule has 2 aromatic heterocycles. The molecule has 2 aromatic rings. The van der Waals surface area contributed by atoms with Crippen molar-refractivity contribution >= 4 is 5.82 Å². The zero-order chi connectivity index (χ0) is 12.6.